The van der Waals surface area contributed by atoms with Crippen LogP contribution in [0.4, 0.5) is 0 Å². The molecule has 2 unspecified atom stereocenters. The van der Waals surface area contributed by atoms with Crippen LogP contribution < -0.4 is 9.47 Å². The van der Waals surface area contributed by atoms with Gasteiger partial charge >= 0.3 is 0 Å². The number of hydrogen-bond donors (Lipinski definition) is 0. The van der Waals surface area contributed by atoms with Crippen molar-refractivity contribution in [1.82, 2.24) is 0 Å². The Morgan fingerprint density at radius 2 is 1.50 bits per heavy atom. The predicted octanol–water partition coefficient (Wildman–Crippen LogP) is 5.00. The van der Waals surface area contributed by atoms with Crippen LogP contribution in [-0.2, 0) is 4.52 Å². The number of allylic oxidation sites excluding steroid dienone is 1. The highest BCUT2D eigenvalue weighted by atomic mass is 79.9. The summed E-state index contributed by atoms with van der Waals surface area (Å²) in [5, 5.41) is 0. The predicted molar refractivity (Wildman–Crippen MR) is 88.4 cm³/mol. The highest BCUT2D eigenvalue weighted by molar-refractivity contribution is 9.13. The molecule has 0 spiro atoms. The molecule has 0 saturated heterocycles. The van der Waals surface area contributed by atoms with E-state index in [9.17, 15) is 0 Å². The zero-order valence-corrected chi connectivity index (χ0v) is 13.9. The summed E-state index contributed by atoms with van der Waals surface area (Å²) < 4.78 is 18.8. The monoisotopic (exact) mass is 372 g/mol. The van der Waals surface area contributed by atoms with Gasteiger partial charge in [-0.15, -0.1) is 0 Å². The van der Waals surface area contributed by atoms with Gasteiger partial charge in [0.25, 0.3) is 5.95 Å². The van der Waals surface area contributed by atoms with Crippen LogP contribution in [0.25, 0.3) is 0 Å². The largest absolute Gasteiger partial charge is 0.455 e. The number of ether oxygens (including phenoxy) is 2. The Labute approximate surface area is 137 Å². The van der Waals surface area contributed by atoms with Gasteiger partial charge in [-0.25, -0.2) is 0 Å². The Balaban J connectivity index is 1.86. The summed E-state index contributed by atoms with van der Waals surface area (Å²) in [6, 6.07) is 16.3. The molecular formula is C17H10BrO3P. The van der Waals surface area contributed by atoms with Gasteiger partial charge in [-0.3, -0.25) is 0 Å². The average molecular weight is 373 g/mol. The molecule has 2 aromatic carbocycles. The zero-order chi connectivity index (χ0) is 14.7. The van der Waals surface area contributed by atoms with Crippen molar-refractivity contribution in [3.8, 4) is 11.5 Å². The second kappa shape index (κ2) is 4.61. The molecule has 0 aliphatic carbocycles. The van der Waals surface area contributed by atoms with E-state index >= 15 is 0 Å². The Morgan fingerprint density at radius 1 is 0.864 bits per heavy atom. The lowest BCUT2D eigenvalue weighted by Crippen LogP contribution is -2.26. The van der Waals surface area contributed by atoms with Gasteiger partial charge in [0.1, 0.15) is 20.3 Å². The highest BCUT2D eigenvalue weighted by Crippen LogP contribution is 2.57. The van der Waals surface area contributed by atoms with Crippen molar-refractivity contribution in [2.45, 2.75) is 5.92 Å². The lowest BCUT2D eigenvalue weighted by molar-refractivity contribution is 0.217. The Morgan fingerprint density at radius 3 is 2.23 bits per heavy atom. The molecule has 0 aromatic heterocycles. The van der Waals surface area contributed by atoms with Crippen molar-refractivity contribution in [3.63, 3.8) is 0 Å². The summed E-state index contributed by atoms with van der Waals surface area (Å²) in [5.74, 6) is 3.22. The third kappa shape index (κ3) is 1.65. The molecule has 0 amide bonds. The minimum absolute atomic E-state index is 0.0811. The minimum atomic E-state index is 0.0811. The van der Waals surface area contributed by atoms with E-state index in [1.807, 2.05) is 36.4 Å². The number of halogens is 1. The van der Waals surface area contributed by atoms with Crippen molar-refractivity contribution >= 4 is 24.7 Å². The zero-order valence-electron chi connectivity index (χ0n) is 11.3. The Kier molecular flexibility index (Phi) is 2.67. The van der Waals surface area contributed by atoms with Crippen LogP contribution in [-0.4, -0.2) is 0 Å². The first-order valence-electron chi connectivity index (χ1n) is 6.93. The van der Waals surface area contributed by atoms with Gasteiger partial charge < -0.3 is 14.0 Å². The standard InChI is InChI=1S/C17H10BrO3P/c18-16-15-14-13(9-5-1-3-7-11(9)19-15)10-6-2-4-8-12(10)20-17(14)21-22-16/h1-8,13,22H. The van der Waals surface area contributed by atoms with Crippen LogP contribution in [0.3, 0.4) is 0 Å². The maximum Gasteiger partial charge on any atom is 0.295 e. The molecule has 5 rings (SSSR count). The maximum absolute atomic E-state index is 6.12. The first-order valence-corrected chi connectivity index (χ1v) is 8.64. The summed E-state index contributed by atoms with van der Waals surface area (Å²) in [6.07, 6.45) is 0. The van der Waals surface area contributed by atoms with Crippen LogP contribution in [0.15, 0.2) is 70.0 Å². The quantitative estimate of drug-likeness (QED) is 0.608. The molecule has 2 aromatic rings. The third-order valence-corrected chi connectivity index (χ3v) is 5.60. The van der Waals surface area contributed by atoms with Crippen molar-refractivity contribution in [2.24, 2.45) is 0 Å². The highest BCUT2D eigenvalue weighted by Gasteiger charge is 2.42. The first-order chi connectivity index (χ1) is 10.8. The average Bonchev–Trinajstić information content (AvgIpc) is 2.57. The van der Waals surface area contributed by atoms with E-state index in [4.69, 9.17) is 14.0 Å². The SMILES string of the molecule is BrC1=C2Oc3ccccc3C3C2=C(OP1)Oc1ccccc13. The van der Waals surface area contributed by atoms with Gasteiger partial charge in [0.2, 0.25) is 0 Å². The fourth-order valence-corrected chi connectivity index (χ4v) is 4.29. The van der Waals surface area contributed by atoms with Crippen molar-refractivity contribution in [1.29, 1.82) is 0 Å². The van der Waals surface area contributed by atoms with Gasteiger partial charge in [-0.2, -0.15) is 0 Å². The number of hydrogen-bond acceptors (Lipinski definition) is 3. The van der Waals surface area contributed by atoms with E-state index in [1.54, 1.807) is 0 Å². The van der Waals surface area contributed by atoms with Crippen molar-refractivity contribution < 1.29 is 14.0 Å². The summed E-state index contributed by atoms with van der Waals surface area (Å²) in [5.41, 5.74) is 3.26. The molecule has 0 bridgehead atoms. The molecule has 3 heterocycles. The molecule has 108 valence electrons. The van der Waals surface area contributed by atoms with E-state index in [-0.39, 0.29) is 14.7 Å². The van der Waals surface area contributed by atoms with E-state index in [0.717, 1.165) is 38.2 Å². The molecule has 0 radical (unpaired) electrons. The fraction of sp³-hybridized carbons (Fsp3) is 0.0588. The summed E-state index contributed by atoms with van der Waals surface area (Å²) in [4.78, 5) is 0. The van der Waals surface area contributed by atoms with E-state index in [0.29, 0.717) is 5.95 Å². The summed E-state index contributed by atoms with van der Waals surface area (Å²) >= 11 is 3.58. The maximum atomic E-state index is 6.12. The number of fused-ring (bicyclic) bond motifs is 4. The van der Waals surface area contributed by atoms with E-state index < -0.39 is 0 Å². The molecule has 22 heavy (non-hydrogen) atoms. The molecule has 2 atom stereocenters. The lowest BCUT2D eigenvalue weighted by atomic mass is 9.80. The van der Waals surface area contributed by atoms with E-state index in [1.165, 1.54) is 0 Å². The molecule has 0 fully saturated rings. The summed E-state index contributed by atoms with van der Waals surface area (Å²) in [6.45, 7) is 0. The second-order valence-corrected chi connectivity index (χ2v) is 7.69. The van der Waals surface area contributed by atoms with Crippen LogP contribution in [0, 0.1) is 0 Å². The van der Waals surface area contributed by atoms with Gasteiger partial charge in [-0.1, -0.05) is 36.4 Å². The lowest BCUT2D eigenvalue weighted by Gasteiger charge is -2.37. The molecule has 0 saturated carbocycles. The Hall–Kier alpha value is -1.77. The molecule has 3 nitrogen and oxygen atoms in total. The molecule has 3 aliphatic rings. The van der Waals surface area contributed by atoms with Crippen LogP contribution in [0.5, 0.6) is 11.5 Å². The second-order valence-electron chi connectivity index (χ2n) is 5.26. The topological polar surface area (TPSA) is 27.7 Å². The van der Waals surface area contributed by atoms with Crippen LogP contribution >= 0.6 is 24.7 Å². The van der Waals surface area contributed by atoms with Gasteiger partial charge in [0.05, 0.1) is 15.7 Å². The molecule has 0 N–H and O–H groups in total. The van der Waals surface area contributed by atoms with Gasteiger partial charge in [0.15, 0.2) is 5.76 Å². The molecule has 5 heteroatoms. The fourth-order valence-electron chi connectivity index (χ4n) is 3.14. The first kappa shape index (κ1) is 12.7. The Bertz CT molecular complexity index is 872. The number of rotatable bonds is 0. The third-order valence-electron chi connectivity index (χ3n) is 4.06. The number of benzene rings is 2. The minimum Gasteiger partial charge on any atom is -0.455 e. The van der Waals surface area contributed by atoms with Crippen molar-refractivity contribution in [2.75, 3.05) is 0 Å². The molecule has 3 aliphatic heterocycles. The van der Waals surface area contributed by atoms with Crippen LogP contribution in [0.1, 0.15) is 17.0 Å². The van der Waals surface area contributed by atoms with Gasteiger partial charge in [-0.05, 0) is 28.1 Å². The number of para-hydroxylation sites is 2. The van der Waals surface area contributed by atoms with Gasteiger partial charge in [0, 0.05) is 11.1 Å². The smallest absolute Gasteiger partial charge is 0.295 e. The van der Waals surface area contributed by atoms with E-state index in [2.05, 4.69) is 28.1 Å². The molecular weight excluding hydrogens is 363 g/mol. The van der Waals surface area contributed by atoms with Crippen molar-refractivity contribution in [3.05, 3.63) is 81.2 Å². The summed E-state index contributed by atoms with van der Waals surface area (Å²) in [7, 11) is 0.159. The normalized spacial score (nSPS) is 22.1. The van der Waals surface area contributed by atoms with Crippen LogP contribution in [0.2, 0.25) is 0 Å².